The predicted molar refractivity (Wildman–Crippen MR) is 84.3 cm³/mol. The van der Waals surface area contributed by atoms with E-state index in [1.54, 1.807) is 0 Å². The highest BCUT2D eigenvalue weighted by Gasteiger charge is 2.20. The molecule has 0 aliphatic rings. The summed E-state index contributed by atoms with van der Waals surface area (Å²) in [6, 6.07) is 12.9. The van der Waals surface area contributed by atoms with Gasteiger partial charge in [-0.25, -0.2) is 0 Å². The van der Waals surface area contributed by atoms with E-state index in [1.165, 1.54) is 31.1 Å². The monoisotopic (exact) mass is 289 g/mol. The second-order valence-corrected chi connectivity index (χ2v) is 6.46. The van der Waals surface area contributed by atoms with Crippen LogP contribution in [0.2, 0.25) is 0 Å². The summed E-state index contributed by atoms with van der Waals surface area (Å²) >= 11 is 1.84. The summed E-state index contributed by atoms with van der Waals surface area (Å²) in [5, 5.41) is 7.30. The average molecular weight is 289 g/mol. The first-order valence-electron chi connectivity index (χ1n) is 6.83. The van der Waals surface area contributed by atoms with E-state index in [2.05, 4.69) is 57.3 Å². The quantitative estimate of drug-likeness (QED) is 0.428. The predicted octanol–water partition coefficient (Wildman–Crippen LogP) is 3.36. The number of hydrogen-bond donors (Lipinski definition) is 1. The van der Waals surface area contributed by atoms with Crippen LogP contribution in [0.1, 0.15) is 0 Å². The highest BCUT2D eigenvalue weighted by Crippen LogP contribution is 2.39. The number of aromatic nitrogens is 4. The molecule has 0 saturated heterocycles. The molecule has 0 bridgehead atoms. The summed E-state index contributed by atoms with van der Waals surface area (Å²) in [4.78, 5) is 4.51. The molecular weight excluding hydrogens is 280 g/mol. The van der Waals surface area contributed by atoms with Crippen LogP contribution in [0, 0.1) is 0 Å². The fourth-order valence-electron chi connectivity index (χ4n) is 3.42. The molecule has 0 aliphatic carbocycles. The number of nitrogens with zero attached hydrogens (tertiary/aromatic N) is 3. The number of pyridine rings is 1. The van der Waals surface area contributed by atoms with E-state index in [0.29, 0.717) is 0 Å². The molecule has 2 aromatic carbocycles. The van der Waals surface area contributed by atoms with E-state index < -0.39 is 0 Å². The molecule has 0 unspecified atom stereocenters. The zero-order valence-corrected chi connectivity index (χ0v) is 11.7. The number of H-pyrrole nitrogens is 1. The molecule has 0 aliphatic heterocycles. The minimum Gasteiger partial charge on any atom is -0.170 e. The number of imidazole rings is 1. The van der Waals surface area contributed by atoms with E-state index in [9.17, 15) is 0 Å². The minimum atomic E-state index is 1.02. The molecule has 0 spiro atoms. The molecule has 21 heavy (non-hydrogen) atoms. The van der Waals surface area contributed by atoms with Crippen molar-refractivity contribution in [2.75, 3.05) is 0 Å². The zero-order chi connectivity index (χ0) is 13.6. The molecule has 0 fully saturated rings. The van der Waals surface area contributed by atoms with Crippen LogP contribution >= 0.6 is 11.3 Å². The van der Waals surface area contributed by atoms with E-state index >= 15 is 0 Å². The molecule has 0 radical (unpaired) electrons. The van der Waals surface area contributed by atoms with Gasteiger partial charge in [0.1, 0.15) is 5.52 Å². The number of thiophene rings is 1. The fourth-order valence-corrected chi connectivity index (χ4v) is 4.54. The molecule has 98 valence electrons. The largest absolute Gasteiger partial charge is 0.248 e. The van der Waals surface area contributed by atoms with Gasteiger partial charge in [0.25, 0.3) is 0 Å². The van der Waals surface area contributed by atoms with Crippen molar-refractivity contribution in [1.82, 2.24) is 14.7 Å². The van der Waals surface area contributed by atoms with Crippen LogP contribution in [-0.2, 0) is 0 Å². The van der Waals surface area contributed by atoms with Crippen LogP contribution in [0.25, 0.3) is 42.1 Å². The summed E-state index contributed by atoms with van der Waals surface area (Å²) in [7, 11) is 0. The molecule has 4 heterocycles. The first kappa shape index (κ1) is 10.1. The van der Waals surface area contributed by atoms with Crippen LogP contribution in [0.5, 0.6) is 0 Å². The lowest BCUT2D eigenvalue weighted by Gasteiger charge is -1.98. The molecular formula is C16H9N4S+. The smallest absolute Gasteiger partial charge is 0.170 e. The van der Waals surface area contributed by atoms with Crippen LogP contribution < -0.4 is 4.52 Å². The van der Waals surface area contributed by atoms with E-state index in [4.69, 9.17) is 0 Å². The summed E-state index contributed by atoms with van der Waals surface area (Å²) < 4.78 is 6.72. The molecule has 0 saturated carbocycles. The highest BCUT2D eigenvalue weighted by molar-refractivity contribution is 7.26. The van der Waals surface area contributed by atoms with E-state index in [0.717, 1.165) is 11.0 Å². The number of hydrogen-bond acceptors (Lipinski definition) is 2. The Morgan fingerprint density at radius 2 is 2.00 bits per heavy atom. The molecule has 4 nitrogen and oxygen atoms in total. The lowest BCUT2D eigenvalue weighted by Crippen LogP contribution is -2.24. The van der Waals surface area contributed by atoms with Gasteiger partial charge in [0, 0.05) is 15.5 Å². The van der Waals surface area contributed by atoms with Crippen LogP contribution in [0.3, 0.4) is 0 Å². The maximum Gasteiger partial charge on any atom is 0.248 e. The third-order valence-corrected chi connectivity index (χ3v) is 5.39. The standard InChI is InChI=1S/C16H9N4S/c1-2-12-16-14-11(21-12)6-4-9-3-5-10-15(13(9)14)20(8-17-10)18-19(16)7-1/h1-8,18H/q+1. The summed E-state index contributed by atoms with van der Waals surface area (Å²) in [6.07, 6.45) is 3.91. The fraction of sp³-hybridized carbons (Fsp3) is 0. The van der Waals surface area contributed by atoms with Crippen molar-refractivity contribution in [3.8, 4) is 0 Å². The third kappa shape index (κ3) is 1.05. The lowest BCUT2D eigenvalue weighted by atomic mass is 10.0. The topological polar surface area (TPSA) is 37.2 Å². The molecule has 5 heteroatoms. The molecule has 1 N–H and O–H groups in total. The van der Waals surface area contributed by atoms with Crippen molar-refractivity contribution in [2.45, 2.75) is 0 Å². The Labute approximate surface area is 122 Å². The minimum absolute atomic E-state index is 1.02. The van der Waals surface area contributed by atoms with Gasteiger partial charge < -0.3 is 0 Å². The van der Waals surface area contributed by atoms with Crippen molar-refractivity contribution in [3.05, 3.63) is 48.9 Å². The van der Waals surface area contributed by atoms with Crippen molar-refractivity contribution in [2.24, 2.45) is 0 Å². The first-order valence-corrected chi connectivity index (χ1v) is 7.64. The second kappa shape index (κ2) is 3.15. The highest BCUT2D eigenvalue weighted by atomic mass is 32.1. The van der Waals surface area contributed by atoms with Crippen LogP contribution in [-0.4, -0.2) is 14.7 Å². The van der Waals surface area contributed by atoms with Gasteiger partial charge in [-0.05, 0) is 29.7 Å². The Morgan fingerprint density at radius 3 is 3.00 bits per heavy atom. The molecule has 0 amide bonds. The number of benzene rings is 2. The lowest BCUT2D eigenvalue weighted by molar-refractivity contribution is -0.585. The van der Waals surface area contributed by atoms with Crippen molar-refractivity contribution in [1.29, 1.82) is 0 Å². The first-order chi connectivity index (χ1) is 10.4. The zero-order valence-electron chi connectivity index (χ0n) is 10.9. The second-order valence-electron chi connectivity index (χ2n) is 5.38. The number of rotatable bonds is 0. The van der Waals surface area contributed by atoms with Crippen molar-refractivity contribution >= 4 is 53.4 Å². The molecule has 6 aromatic rings. The van der Waals surface area contributed by atoms with Crippen LogP contribution in [0.15, 0.2) is 48.9 Å². The van der Waals surface area contributed by atoms with Gasteiger partial charge in [0.05, 0.1) is 10.9 Å². The Kier molecular flexibility index (Phi) is 1.52. The summed E-state index contributed by atoms with van der Waals surface area (Å²) in [5.74, 6) is 0. The Morgan fingerprint density at radius 1 is 1.05 bits per heavy atom. The third-order valence-electron chi connectivity index (χ3n) is 4.28. The Bertz CT molecular complexity index is 1290. The molecule has 0 atom stereocenters. The van der Waals surface area contributed by atoms with Gasteiger partial charge >= 0.3 is 0 Å². The van der Waals surface area contributed by atoms with Gasteiger partial charge in [-0.1, -0.05) is 12.1 Å². The van der Waals surface area contributed by atoms with Gasteiger partial charge in [-0.3, -0.25) is 0 Å². The van der Waals surface area contributed by atoms with Crippen molar-refractivity contribution < 1.29 is 4.52 Å². The normalized spacial score (nSPS) is 12.8. The van der Waals surface area contributed by atoms with Gasteiger partial charge in [-0.15, -0.1) is 26.0 Å². The number of nitrogens with one attached hydrogen (secondary N) is 1. The molecule has 6 rings (SSSR count). The van der Waals surface area contributed by atoms with E-state index in [-0.39, 0.29) is 0 Å². The van der Waals surface area contributed by atoms with Gasteiger partial charge in [0.15, 0.2) is 11.0 Å². The van der Waals surface area contributed by atoms with Crippen LogP contribution in [0.4, 0.5) is 0 Å². The maximum atomic E-state index is 4.51. The molecule has 4 aromatic heterocycles. The van der Waals surface area contributed by atoms with Gasteiger partial charge in [-0.2, -0.15) is 4.52 Å². The summed E-state index contributed by atoms with van der Waals surface area (Å²) in [6.45, 7) is 0. The average Bonchev–Trinajstić information content (AvgIpc) is 3.04. The maximum absolute atomic E-state index is 4.51. The van der Waals surface area contributed by atoms with Gasteiger partial charge in [0.2, 0.25) is 6.33 Å². The SMILES string of the molecule is c1cc2sc3ccc4ccc5nc[n+]6[nH]n(c1)c2c3c4c56. The number of aromatic amines is 1. The summed E-state index contributed by atoms with van der Waals surface area (Å²) in [5.41, 5.74) is 3.43. The Hall–Kier alpha value is -2.66. The van der Waals surface area contributed by atoms with E-state index in [1.807, 2.05) is 22.2 Å². The van der Waals surface area contributed by atoms with Crippen molar-refractivity contribution in [3.63, 3.8) is 0 Å². The Balaban J connectivity index is 2.23.